The molecule has 0 unspecified atom stereocenters. The molecule has 17 heavy (non-hydrogen) atoms. The number of hydrogen-bond donors (Lipinski definition) is 2. The zero-order valence-corrected chi connectivity index (χ0v) is 12.0. The van der Waals surface area contributed by atoms with Crippen LogP contribution in [0, 0.1) is 0 Å². The monoisotopic (exact) mass is 320 g/mol. The molecule has 1 aromatic rings. The number of aliphatic hydroxyl groups excluding tert-OH is 1. The molecule has 1 aromatic heterocycles. The largest absolute Gasteiger partial charge is 0.396 e. The van der Waals surface area contributed by atoms with Crippen LogP contribution in [0.15, 0.2) is 16.7 Å². The summed E-state index contributed by atoms with van der Waals surface area (Å²) in [5, 5.41) is 11.8. The van der Waals surface area contributed by atoms with Crippen LogP contribution in [0.2, 0.25) is 5.15 Å². The fourth-order valence-corrected chi connectivity index (χ4v) is 1.82. The summed E-state index contributed by atoms with van der Waals surface area (Å²) in [5.74, 6) is -0.303. The highest BCUT2D eigenvalue weighted by Crippen LogP contribution is 2.19. The first-order valence-corrected chi connectivity index (χ1v) is 6.27. The van der Waals surface area contributed by atoms with E-state index in [0.29, 0.717) is 16.5 Å². The van der Waals surface area contributed by atoms with Gasteiger partial charge in [0.15, 0.2) is 0 Å². The highest BCUT2D eigenvalue weighted by atomic mass is 79.9. The van der Waals surface area contributed by atoms with E-state index in [9.17, 15) is 4.79 Å². The molecule has 4 nitrogen and oxygen atoms in total. The molecule has 1 amide bonds. The number of aliphatic hydroxyl groups is 1. The zero-order valence-electron chi connectivity index (χ0n) is 9.63. The van der Waals surface area contributed by atoms with Crippen molar-refractivity contribution < 1.29 is 9.90 Å². The number of carbonyl (C=O) groups is 1. The van der Waals surface area contributed by atoms with Gasteiger partial charge in [-0.2, -0.15) is 0 Å². The predicted molar refractivity (Wildman–Crippen MR) is 70.2 cm³/mol. The number of amides is 1. The summed E-state index contributed by atoms with van der Waals surface area (Å²) in [6, 6.07) is 1.61. The van der Waals surface area contributed by atoms with Crippen LogP contribution in [0.5, 0.6) is 0 Å². The van der Waals surface area contributed by atoms with Gasteiger partial charge in [-0.3, -0.25) is 4.79 Å². The fraction of sp³-hybridized carbons (Fsp3) is 0.455. The lowest BCUT2D eigenvalue weighted by atomic mass is 10.0. The molecule has 0 aliphatic carbocycles. The number of aromatic nitrogens is 1. The van der Waals surface area contributed by atoms with Crippen molar-refractivity contribution in [2.45, 2.75) is 25.8 Å². The summed E-state index contributed by atoms with van der Waals surface area (Å²) < 4.78 is 0.687. The molecule has 0 fully saturated rings. The van der Waals surface area contributed by atoms with Crippen LogP contribution < -0.4 is 5.32 Å². The topological polar surface area (TPSA) is 62.2 Å². The first-order chi connectivity index (χ1) is 7.85. The Bertz CT molecular complexity index is 424. The number of nitrogens with one attached hydrogen (secondary N) is 1. The molecular formula is C11H14BrClN2O2. The molecule has 0 bridgehead atoms. The quantitative estimate of drug-likeness (QED) is 0.837. The molecule has 0 saturated heterocycles. The van der Waals surface area contributed by atoms with Gasteiger partial charge in [-0.15, -0.1) is 0 Å². The SMILES string of the molecule is CC(C)(CCO)NC(=O)c1cc(Br)cnc1Cl. The van der Waals surface area contributed by atoms with E-state index in [1.54, 1.807) is 6.07 Å². The van der Waals surface area contributed by atoms with Gasteiger partial charge in [0.1, 0.15) is 5.15 Å². The zero-order chi connectivity index (χ0) is 13.1. The van der Waals surface area contributed by atoms with Crippen molar-refractivity contribution in [3.63, 3.8) is 0 Å². The molecule has 1 heterocycles. The Labute approximate surface area is 114 Å². The summed E-state index contributed by atoms with van der Waals surface area (Å²) in [6.07, 6.45) is 2.00. The van der Waals surface area contributed by atoms with E-state index in [4.69, 9.17) is 16.7 Å². The average Bonchev–Trinajstić information content (AvgIpc) is 2.20. The molecule has 0 saturated carbocycles. The number of rotatable bonds is 4. The third kappa shape index (κ3) is 4.26. The molecule has 0 radical (unpaired) electrons. The van der Waals surface area contributed by atoms with Crippen molar-refractivity contribution in [3.8, 4) is 0 Å². The minimum absolute atomic E-state index is 0.0117. The van der Waals surface area contributed by atoms with Crippen LogP contribution in [0.25, 0.3) is 0 Å². The Morgan fingerprint density at radius 2 is 2.29 bits per heavy atom. The molecule has 0 aliphatic heterocycles. The maximum atomic E-state index is 12.0. The second-order valence-electron chi connectivity index (χ2n) is 4.30. The van der Waals surface area contributed by atoms with E-state index in [2.05, 4.69) is 26.2 Å². The molecule has 0 atom stereocenters. The highest BCUT2D eigenvalue weighted by molar-refractivity contribution is 9.10. The van der Waals surface area contributed by atoms with E-state index in [1.165, 1.54) is 6.20 Å². The van der Waals surface area contributed by atoms with Crippen LogP contribution >= 0.6 is 27.5 Å². The van der Waals surface area contributed by atoms with Crippen LogP contribution in [0.1, 0.15) is 30.6 Å². The van der Waals surface area contributed by atoms with E-state index in [0.717, 1.165) is 0 Å². The third-order valence-corrected chi connectivity index (χ3v) is 2.97. The van der Waals surface area contributed by atoms with Gasteiger partial charge in [-0.1, -0.05) is 11.6 Å². The molecule has 94 valence electrons. The Hall–Kier alpha value is -0.650. The Morgan fingerprint density at radius 3 is 2.88 bits per heavy atom. The number of carbonyl (C=O) groups excluding carboxylic acids is 1. The van der Waals surface area contributed by atoms with E-state index >= 15 is 0 Å². The number of nitrogens with zero attached hydrogens (tertiary/aromatic N) is 1. The molecule has 0 spiro atoms. The smallest absolute Gasteiger partial charge is 0.254 e. The fourth-order valence-electron chi connectivity index (χ4n) is 1.30. The van der Waals surface area contributed by atoms with Gasteiger partial charge in [0.25, 0.3) is 5.91 Å². The first kappa shape index (κ1) is 14.4. The van der Waals surface area contributed by atoms with Crippen molar-refractivity contribution in [3.05, 3.63) is 27.5 Å². The Balaban J connectivity index is 2.86. The summed E-state index contributed by atoms with van der Waals surface area (Å²) in [5.41, 5.74) is -0.177. The summed E-state index contributed by atoms with van der Waals surface area (Å²) in [4.78, 5) is 15.9. The number of hydrogen-bond acceptors (Lipinski definition) is 3. The van der Waals surface area contributed by atoms with Crippen molar-refractivity contribution in [1.29, 1.82) is 0 Å². The van der Waals surface area contributed by atoms with Crippen molar-refractivity contribution in [1.82, 2.24) is 10.3 Å². The number of pyridine rings is 1. The standard InChI is InChI=1S/C11H14BrClN2O2/c1-11(2,3-4-16)15-10(17)8-5-7(12)6-14-9(8)13/h5-6,16H,3-4H2,1-2H3,(H,15,17). The normalized spacial score (nSPS) is 11.4. The molecule has 1 rings (SSSR count). The molecule has 0 aromatic carbocycles. The van der Waals surface area contributed by atoms with Crippen molar-refractivity contribution >= 4 is 33.4 Å². The van der Waals surface area contributed by atoms with Crippen LogP contribution in [-0.2, 0) is 0 Å². The lowest BCUT2D eigenvalue weighted by Gasteiger charge is -2.25. The highest BCUT2D eigenvalue weighted by Gasteiger charge is 2.22. The Morgan fingerprint density at radius 1 is 1.65 bits per heavy atom. The number of halogens is 2. The summed E-state index contributed by atoms with van der Waals surface area (Å²) >= 11 is 9.09. The summed E-state index contributed by atoms with van der Waals surface area (Å²) in [7, 11) is 0. The average molecular weight is 322 g/mol. The van der Waals surface area contributed by atoms with E-state index < -0.39 is 5.54 Å². The van der Waals surface area contributed by atoms with E-state index in [-0.39, 0.29) is 17.7 Å². The van der Waals surface area contributed by atoms with Gasteiger partial charge in [-0.05, 0) is 42.3 Å². The minimum atomic E-state index is -0.489. The summed E-state index contributed by atoms with van der Waals surface area (Å²) in [6.45, 7) is 3.68. The van der Waals surface area contributed by atoms with Gasteiger partial charge >= 0.3 is 0 Å². The van der Waals surface area contributed by atoms with Crippen LogP contribution in [-0.4, -0.2) is 28.1 Å². The van der Waals surface area contributed by atoms with Crippen molar-refractivity contribution in [2.24, 2.45) is 0 Å². The third-order valence-electron chi connectivity index (χ3n) is 2.24. The molecule has 6 heteroatoms. The van der Waals surface area contributed by atoms with Crippen LogP contribution in [0.4, 0.5) is 0 Å². The molecule has 0 aliphatic rings. The maximum absolute atomic E-state index is 12.0. The second kappa shape index (κ2) is 5.80. The lowest BCUT2D eigenvalue weighted by molar-refractivity contribution is 0.0899. The van der Waals surface area contributed by atoms with Gasteiger partial charge in [-0.25, -0.2) is 4.98 Å². The minimum Gasteiger partial charge on any atom is -0.396 e. The second-order valence-corrected chi connectivity index (χ2v) is 5.58. The molecular weight excluding hydrogens is 307 g/mol. The van der Waals surface area contributed by atoms with E-state index in [1.807, 2.05) is 13.8 Å². The van der Waals surface area contributed by atoms with Gasteiger partial charge in [0.05, 0.1) is 5.56 Å². The Kier molecular flexibility index (Phi) is 4.91. The van der Waals surface area contributed by atoms with Gasteiger partial charge < -0.3 is 10.4 Å². The van der Waals surface area contributed by atoms with Crippen LogP contribution in [0.3, 0.4) is 0 Å². The first-order valence-electron chi connectivity index (χ1n) is 5.10. The molecule has 2 N–H and O–H groups in total. The maximum Gasteiger partial charge on any atom is 0.254 e. The lowest BCUT2D eigenvalue weighted by Crippen LogP contribution is -2.44. The van der Waals surface area contributed by atoms with Gasteiger partial charge in [0.2, 0.25) is 0 Å². The van der Waals surface area contributed by atoms with Crippen molar-refractivity contribution in [2.75, 3.05) is 6.61 Å². The van der Waals surface area contributed by atoms with Gasteiger partial charge in [0, 0.05) is 22.8 Å². The predicted octanol–water partition coefficient (Wildman–Crippen LogP) is 2.39.